The molecule has 4 nitrogen and oxygen atoms in total. The van der Waals surface area contributed by atoms with E-state index in [1.807, 2.05) is 0 Å². The van der Waals surface area contributed by atoms with Crippen LogP contribution in [0, 0.1) is 23.6 Å². The standard InChI is InChI=1S/C17H18FNO3/c18-13-5-3-12(4-6-13)7-10-17(22)9-1-2-15-14(17)8-11-19(15)16(20)21/h3-6,14-15,22H,1-2,8-9,11H2,(H,20,21). The van der Waals surface area contributed by atoms with E-state index < -0.39 is 11.7 Å². The zero-order valence-corrected chi connectivity index (χ0v) is 12.1. The summed E-state index contributed by atoms with van der Waals surface area (Å²) in [4.78, 5) is 12.7. The van der Waals surface area contributed by atoms with E-state index in [1.54, 1.807) is 12.1 Å². The molecule has 1 aromatic carbocycles. The molecular formula is C17H18FNO3. The molecule has 1 saturated heterocycles. The van der Waals surface area contributed by atoms with Gasteiger partial charge in [0.25, 0.3) is 0 Å². The number of benzene rings is 1. The SMILES string of the molecule is O=C(O)N1CCC2C1CCCC2(O)C#Cc1ccc(F)cc1. The Kier molecular flexibility index (Phi) is 3.79. The van der Waals surface area contributed by atoms with Gasteiger partial charge in [-0.25, -0.2) is 9.18 Å². The highest BCUT2D eigenvalue weighted by atomic mass is 19.1. The molecule has 0 spiro atoms. The first kappa shape index (κ1) is 14.9. The van der Waals surface area contributed by atoms with Gasteiger partial charge in [-0.05, 0) is 49.9 Å². The fourth-order valence-corrected chi connectivity index (χ4v) is 3.64. The van der Waals surface area contributed by atoms with Crippen molar-refractivity contribution in [3.63, 3.8) is 0 Å². The van der Waals surface area contributed by atoms with E-state index in [9.17, 15) is 19.4 Å². The van der Waals surface area contributed by atoms with Crippen LogP contribution in [0.3, 0.4) is 0 Å². The Bertz CT molecular complexity index is 634. The van der Waals surface area contributed by atoms with Crippen LogP contribution in [-0.4, -0.2) is 39.4 Å². The third kappa shape index (κ3) is 2.67. The fourth-order valence-electron chi connectivity index (χ4n) is 3.64. The van der Waals surface area contributed by atoms with Crippen molar-refractivity contribution in [3.8, 4) is 11.8 Å². The molecule has 2 aliphatic rings. The second kappa shape index (κ2) is 5.62. The minimum atomic E-state index is -1.17. The maximum atomic E-state index is 12.9. The van der Waals surface area contributed by atoms with Crippen LogP contribution in [0.15, 0.2) is 24.3 Å². The number of nitrogens with zero attached hydrogens (tertiary/aromatic N) is 1. The van der Waals surface area contributed by atoms with Crippen LogP contribution in [0.1, 0.15) is 31.2 Å². The topological polar surface area (TPSA) is 60.8 Å². The van der Waals surface area contributed by atoms with Crippen LogP contribution in [0.2, 0.25) is 0 Å². The molecule has 0 radical (unpaired) electrons. The molecule has 1 heterocycles. The number of likely N-dealkylation sites (tertiary alicyclic amines) is 1. The summed E-state index contributed by atoms with van der Waals surface area (Å²) in [5, 5.41) is 20.1. The molecule has 1 saturated carbocycles. The molecule has 0 aromatic heterocycles. The highest BCUT2D eigenvalue weighted by Gasteiger charge is 2.50. The number of aliphatic hydroxyl groups is 1. The molecule has 116 valence electrons. The van der Waals surface area contributed by atoms with Crippen LogP contribution in [0.4, 0.5) is 9.18 Å². The summed E-state index contributed by atoms with van der Waals surface area (Å²) in [6, 6.07) is 5.66. The van der Waals surface area contributed by atoms with Crippen molar-refractivity contribution >= 4 is 6.09 Å². The van der Waals surface area contributed by atoms with Gasteiger partial charge in [0.1, 0.15) is 11.4 Å². The van der Waals surface area contributed by atoms with Crippen molar-refractivity contribution in [1.82, 2.24) is 4.90 Å². The lowest BCUT2D eigenvalue weighted by Gasteiger charge is -2.39. The Labute approximate surface area is 128 Å². The summed E-state index contributed by atoms with van der Waals surface area (Å²) >= 11 is 0. The lowest BCUT2D eigenvalue weighted by atomic mass is 9.73. The molecule has 5 heteroatoms. The number of hydrogen-bond donors (Lipinski definition) is 2. The van der Waals surface area contributed by atoms with Crippen molar-refractivity contribution in [2.45, 2.75) is 37.3 Å². The normalized spacial score (nSPS) is 30.4. The number of amides is 1. The van der Waals surface area contributed by atoms with Crippen molar-refractivity contribution in [1.29, 1.82) is 0 Å². The van der Waals surface area contributed by atoms with Crippen LogP contribution in [-0.2, 0) is 0 Å². The second-order valence-electron chi connectivity index (χ2n) is 6.01. The molecule has 3 rings (SSSR count). The maximum Gasteiger partial charge on any atom is 0.407 e. The predicted octanol–water partition coefficient (Wildman–Crippen LogP) is 2.46. The number of rotatable bonds is 0. The number of hydrogen-bond acceptors (Lipinski definition) is 2. The van der Waals surface area contributed by atoms with Crippen molar-refractivity contribution in [2.24, 2.45) is 5.92 Å². The lowest BCUT2D eigenvalue weighted by molar-refractivity contribution is -0.0125. The molecule has 3 atom stereocenters. The largest absolute Gasteiger partial charge is 0.465 e. The zero-order valence-electron chi connectivity index (χ0n) is 12.1. The van der Waals surface area contributed by atoms with Gasteiger partial charge in [-0.2, -0.15) is 0 Å². The minimum Gasteiger partial charge on any atom is -0.465 e. The zero-order chi connectivity index (χ0) is 15.7. The first-order valence-corrected chi connectivity index (χ1v) is 7.50. The van der Waals surface area contributed by atoms with Gasteiger partial charge in [0, 0.05) is 24.1 Å². The van der Waals surface area contributed by atoms with Gasteiger partial charge in [-0.1, -0.05) is 11.8 Å². The molecule has 22 heavy (non-hydrogen) atoms. The monoisotopic (exact) mass is 303 g/mol. The third-order valence-corrected chi connectivity index (χ3v) is 4.73. The summed E-state index contributed by atoms with van der Waals surface area (Å²) in [6.45, 7) is 0.450. The molecule has 0 bridgehead atoms. The molecule has 1 aromatic rings. The van der Waals surface area contributed by atoms with Crippen molar-refractivity contribution in [3.05, 3.63) is 35.6 Å². The van der Waals surface area contributed by atoms with Crippen LogP contribution < -0.4 is 0 Å². The van der Waals surface area contributed by atoms with Crippen LogP contribution >= 0.6 is 0 Å². The van der Waals surface area contributed by atoms with Gasteiger partial charge in [-0.15, -0.1) is 0 Å². The van der Waals surface area contributed by atoms with Gasteiger partial charge in [0.2, 0.25) is 0 Å². The molecule has 3 unspecified atom stereocenters. The van der Waals surface area contributed by atoms with Gasteiger partial charge in [0.15, 0.2) is 0 Å². The van der Waals surface area contributed by atoms with E-state index in [1.165, 1.54) is 17.0 Å². The van der Waals surface area contributed by atoms with Crippen LogP contribution in [0.25, 0.3) is 0 Å². The second-order valence-corrected chi connectivity index (χ2v) is 6.01. The highest BCUT2D eigenvalue weighted by Crippen LogP contribution is 2.42. The average molecular weight is 303 g/mol. The molecule has 2 N–H and O–H groups in total. The van der Waals surface area contributed by atoms with E-state index in [4.69, 9.17) is 0 Å². The average Bonchev–Trinajstić information content (AvgIpc) is 2.93. The van der Waals surface area contributed by atoms with Gasteiger partial charge in [0.05, 0.1) is 0 Å². The Balaban J connectivity index is 1.83. The Morgan fingerprint density at radius 2 is 2.05 bits per heavy atom. The van der Waals surface area contributed by atoms with Gasteiger partial charge >= 0.3 is 6.09 Å². The van der Waals surface area contributed by atoms with E-state index in [2.05, 4.69) is 11.8 Å². The Morgan fingerprint density at radius 1 is 1.32 bits per heavy atom. The quantitative estimate of drug-likeness (QED) is 0.724. The molecular weight excluding hydrogens is 285 g/mol. The third-order valence-electron chi connectivity index (χ3n) is 4.73. The maximum absolute atomic E-state index is 12.9. The lowest BCUT2D eigenvalue weighted by Crippen LogP contribution is -2.49. The number of carboxylic acid groups (broad SMARTS) is 1. The smallest absolute Gasteiger partial charge is 0.407 e. The van der Waals surface area contributed by atoms with Crippen LogP contribution in [0.5, 0.6) is 0 Å². The first-order chi connectivity index (χ1) is 10.5. The first-order valence-electron chi connectivity index (χ1n) is 7.50. The van der Waals surface area contributed by atoms with E-state index >= 15 is 0 Å². The summed E-state index contributed by atoms with van der Waals surface area (Å²) in [5.41, 5.74) is -0.522. The Morgan fingerprint density at radius 3 is 2.73 bits per heavy atom. The van der Waals surface area contributed by atoms with Gasteiger partial charge < -0.3 is 15.1 Å². The molecule has 2 fully saturated rings. The molecule has 1 aliphatic heterocycles. The summed E-state index contributed by atoms with van der Waals surface area (Å²) in [7, 11) is 0. The number of halogens is 1. The van der Waals surface area contributed by atoms with Crippen molar-refractivity contribution < 1.29 is 19.4 Å². The van der Waals surface area contributed by atoms with Gasteiger partial charge in [-0.3, -0.25) is 0 Å². The number of fused-ring (bicyclic) bond motifs is 1. The highest BCUT2D eigenvalue weighted by molar-refractivity contribution is 5.66. The predicted molar refractivity (Wildman–Crippen MR) is 78.7 cm³/mol. The number of carbonyl (C=O) groups is 1. The van der Waals surface area contributed by atoms with E-state index in [0.29, 0.717) is 24.9 Å². The van der Waals surface area contributed by atoms with Crippen molar-refractivity contribution in [2.75, 3.05) is 6.54 Å². The Hall–Kier alpha value is -2.06. The fraction of sp³-hybridized carbons (Fsp3) is 0.471. The van der Waals surface area contributed by atoms with E-state index in [0.717, 1.165) is 12.8 Å². The molecule has 1 aliphatic carbocycles. The summed E-state index contributed by atoms with van der Waals surface area (Å²) in [5.74, 6) is 5.36. The minimum absolute atomic E-state index is 0.148. The van der Waals surface area contributed by atoms with E-state index in [-0.39, 0.29) is 17.8 Å². The molecule has 1 amide bonds. The summed E-state index contributed by atoms with van der Waals surface area (Å²) in [6.07, 6.45) is 1.78. The summed E-state index contributed by atoms with van der Waals surface area (Å²) < 4.78 is 12.9.